The molecule has 32 heavy (non-hydrogen) atoms. The Morgan fingerprint density at radius 3 is 2.12 bits per heavy atom. The zero-order valence-corrected chi connectivity index (χ0v) is 19.8. The summed E-state index contributed by atoms with van der Waals surface area (Å²) in [7, 11) is -0.875. The summed E-state index contributed by atoms with van der Waals surface area (Å²) in [6.45, 7) is 0. The smallest absolute Gasteiger partial charge is 0.243 e. The van der Waals surface area contributed by atoms with Crippen LogP contribution in [0, 0.1) is 0 Å². The predicted octanol–water partition coefficient (Wildman–Crippen LogP) is 5.39. The SMILES string of the molecule is COc1ccc([C@H](CC(=O)Nc2c(Cl)cccc2Cl)N(C)S(=O)(=O)c2ccccc2)cc1. The first-order valence-corrected chi connectivity index (χ1v) is 11.8. The van der Waals surface area contributed by atoms with E-state index in [1.165, 1.54) is 23.5 Å². The molecule has 9 heteroatoms. The van der Waals surface area contributed by atoms with E-state index in [2.05, 4.69) is 5.32 Å². The van der Waals surface area contributed by atoms with Crippen molar-refractivity contribution in [2.75, 3.05) is 19.5 Å². The summed E-state index contributed by atoms with van der Waals surface area (Å²) in [4.78, 5) is 13.1. The van der Waals surface area contributed by atoms with Gasteiger partial charge >= 0.3 is 0 Å². The summed E-state index contributed by atoms with van der Waals surface area (Å²) >= 11 is 12.3. The number of anilines is 1. The Morgan fingerprint density at radius 2 is 1.56 bits per heavy atom. The first kappa shape index (κ1) is 24.1. The maximum absolute atomic E-state index is 13.2. The van der Waals surface area contributed by atoms with Crippen LogP contribution in [0.1, 0.15) is 18.0 Å². The number of hydrogen-bond acceptors (Lipinski definition) is 4. The van der Waals surface area contributed by atoms with Crippen LogP contribution in [0.3, 0.4) is 0 Å². The van der Waals surface area contributed by atoms with Crippen LogP contribution >= 0.6 is 23.2 Å². The normalized spacial score (nSPS) is 12.4. The lowest BCUT2D eigenvalue weighted by Crippen LogP contribution is -2.33. The van der Waals surface area contributed by atoms with Crippen LogP contribution in [0.25, 0.3) is 0 Å². The van der Waals surface area contributed by atoms with E-state index in [1.54, 1.807) is 67.8 Å². The monoisotopic (exact) mass is 492 g/mol. The molecule has 0 spiro atoms. The van der Waals surface area contributed by atoms with Crippen molar-refractivity contribution < 1.29 is 17.9 Å². The summed E-state index contributed by atoms with van der Waals surface area (Å²) < 4.78 is 32.9. The zero-order valence-electron chi connectivity index (χ0n) is 17.5. The number of halogens is 2. The molecule has 0 saturated heterocycles. The van der Waals surface area contributed by atoms with Crippen LogP contribution in [0.5, 0.6) is 5.75 Å². The second kappa shape index (κ2) is 10.4. The summed E-state index contributed by atoms with van der Waals surface area (Å²) in [5, 5.41) is 3.28. The van der Waals surface area contributed by atoms with Gasteiger partial charge in [-0.2, -0.15) is 4.31 Å². The molecule has 0 bridgehead atoms. The molecule has 0 aromatic heterocycles. The van der Waals surface area contributed by atoms with Gasteiger partial charge in [-0.1, -0.05) is 59.6 Å². The Bertz CT molecular complexity index is 1170. The fourth-order valence-electron chi connectivity index (χ4n) is 3.19. The molecule has 0 aliphatic carbocycles. The van der Waals surface area contributed by atoms with Crippen molar-refractivity contribution in [2.24, 2.45) is 0 Å². The molecule has 1 amide bonds. The van der Waals surface area contributed by atoms with Gasteiger partial charge in [0.05, 0.1) is 33.8 Å². The summed E-state index contributed by atoms with van der Waals surface area (Å²) in [5.41, 5.74) is 0.913. The van der Waals surface area contributed by atoms with Gasteiger partial charge in [0.15, 0.2) is 0 Å². The minimum absolute atomic E-state index is 0.135. The number of carbonyl (C=O) groups excluding carboxylic acids is 1. The van der Waals surface area contributed by atoms with Crippen molar-refractivity contribution in [2.45, 2.75) is 17.4 Å². The molecule has 3 rings (SSSR count). The van der Waals surface area contributed by atoms with E-state index in [-0.39, 0.29) is 27.0 Å². The third kappa shape index (κ3) is 5.42. The topological polar surface area (TPSA) is 75.7 Å². The van der Waals surface area contributed by atoms with Gasteiger partial charge in [0, 0.05) is 13.5 Å². The first-order valence-electron chi connectivity index (χ1n) is 9.65. The summed E-state index contributed by atoms with van der Waals surface area (Å²) in [6, 6.07) is 19.1. The largest absolute Gasteiger partial charge is 0.497 e. The van der Waals surface area contributed by atoms with E-state index >= 15 is 0 Å². The van der Waals surface area contributed by atoms with Crippen molar-refractivity contribution in [1.82, 2.24) is 4.31 Å². The molecule has 1 atom stereocenters. The van der Waals surface area contributed by atoms with Crippen molar-refractivity contribution in [3.63, 3.8) is 0 Å². The van der Waals surface area contributed by atoms with Crippen molar-refractivity contribution in [3.05, 3.63) is 88.4 Å². The van der Waals surface area contributed by atoms with Crippen molar-refractivity contribution in [3.8, 4) is 5.75 Å². The van der Waals surface area contributed by atoms with Gasteiger partial charge in [0.25, 0.3) is 0 Å². The number of sulfonamides is 1. The molecule has 168 valence electrons. The molecule has 0 radical (unpaired) electrons. The van der Waals surface area contributed by atoms with Crippen molar-refractivity contribution >= 4 is 44.8 Å². The highest BCUT2D eigenvalue weighted by molar-refractivity contribution is 7.89. The third-order valence-electron chi connectivity index (χ3n) is 4.97. The molecular weight excluding hydrogens is 471 g/mol. The maximum Gasteiger partial charge on any atom is 0.243 e. The van der Waals surface area contributed by atoms with E-state index < -0.39 is 22.0 Å². The highest BCUT2D eigenvalue weighted by atomic mass is 35.5. The van der Waals surface area contributed by atoms with Gasteiger partial charge < -0.3 is 10.1 Å². The van der Waals surface area contributed by atoms with Gasteiger partial charge in [-0.3, -0.25) is 4.79 Å². The van der Waals surface area contributed by atoms with Crippen LogP contribution < -0.4 is 10.1 Å². The summed E-state index contributed by atoms with van der Waals surface area (Å²) in [5.74, 6) is 0.185. The van der Waals surface area contributed by atoms with Gasteiger partial charge in [0.2, 0.25) is 15.9 Å². The molecule has 0 heterocycles. The number of hydrogen-bond donors (Lipinski definition) is 1. The predicted molar refractivity (Wildman–Crippen MR) is 127 cm³/mol. The lowest BCUT2D eigenvalue weighted by Gasteiger charge is -2.28. The van der Waals surface area contributed by atoms with Gasteiger partial charge in [-0.15, -0.1) is 0 Å². The van der Waals surface area contributed by atoms with Gasteiger partial charge in [-0.25, -0.2) is 8.42 Å². The maximum atomic E-state index is 13.2. The molecule has 1 N–H and O–H groups in total. The van der Waals surface area contributed by atoms with Crippen LogP contribution in [-0.2, 0) is 14.8 Å². The average Bonchev–Trinajstić information content (AvgIpc) is 2.80. The number of benzene rings is 3. The highest BCUT2D eigenvalue weighted by Gasteiger charge is 2.31. The Morgan fingerprint density at radius 1 is 0.969 bits per heavy atom. The second-order valence-electron chi connectivity index (χ2n) is 6.97. The Hall–Kier alpha value is -2.58. The quantitative estimate of drug-likeness (QED) is 0.457. The minimum Gasteiger partial charge on any atom is -0.497 e. The zero-order chi connectivity index (χ0) is 23.3. The van der Waals surface area contributed by atoms with E-state index in [9.17, 15) is 13.2 Å². The summed E-state index contributed by atoms with van der Waals surface area (Å²) in [6.07, 6.45) is -0.156. The number of ether oxygens (including phenoxy) is 1. The van der Waals surface area contributed by atoms with Gasteiger partial charge in [0.1, 0.15) is 5.75 Å². The number of methoxy groups -OCH3 is 1. The van der Waals surface area contributed by atoms with E-state index in [1.807, 2.05) is 0 Å². The molecule has 0 aliphatic heterocycles. The average molecular weight is 493 g/mol. The number of nitrogens with zero attached hydrogens (tertiary/aromatic N) is 1. The van der Waals surface area contributed by atoms with Crippen LogP contribution in [0.2, 0.25) is 10.0 Å². The number of amides is 1. The second-order valence-corrected chi connectivity index (χ2v) is 9.78. The minimum atomic E-state index is -3.87. The highest BCUT2D eigenvalue weighted by Crippen LogP contribution is 2.33. The number of rotatable bonds is 8. The third-order valence-corrected chi connectivity index (χ3v) is 7.48. The van der Waals surface area contributed by atoms with E-state index in [0.717, 1.165) is 0 Å². The molecule has 0 aliphatic rings. The Balaban J connectivity index is 1.94. The molecule has 3 aromatic carbocycles. The Labute approximate surface area is 197 Å². The first-order chi connectivity index (χ1) is 15.2. The lowest BCUT2D eigenvalue weighted by molar-refractivity contribution is -0.117. The van der Waals surface area contributed by atoms with Crippen LogP contribution in [0.4, 0.5) is 5.69 Å². The fourth-order valence-corrected chi connectivity index (χ4v) is 5.05. The molecule has 0 saturated carbocycles. The molecule has 3 aromatic rings. The van der Waals surface area contributed by atoms with E-state index in [0.29, 0.717) is 11.3 Å². The van der Waals surface area contributed by atoms with Crippen LogP contribution in [0.15, 0.2) is 77.7 Å². The molecule has 0 fully saturated rings. The number of para-hydroxylation sites is 1. The molecule has 6 nitrogen and oxygen atoms in total. The molecular formula is C23H22Cl2N2O4S. The van der Waals surface area contributed by atoms with Crippen LogP contribution in [-0.4, -0.2) is 32.8 Å². The lowest BCUT2D eigenvalue weighted by atomic mass is 10.0. The van der Waals surface area contributed by atoms with Gasteiger partial charge in [-0.05, 0) is 42.0 Å². The van der Waals surface area contributed by atoms with E-state index in [4.69, 9.17) is 27.9 Å². The fraction of sp³-hybridized carbons (Fsp3) is 0.174. The number of carbonyl (C=O) groups is 1. The van der Waals surface area contributed by atoms with Crippen molar-refractivity contribution in [1.29, 1.82) is 0 Å². The number of nitrogens with one attached hydrogen (secondary N) is 1. The molecule has 0 unspecified atom stereocenters. The standard InChI is InChI=1S/C23H22Cl2N2O4S/c1-27(32(29,30)18-7-4-3-5-8-18)21(16-11-13-17(31-2)14-12-16)15-22(28)26-23-19(24)9-6-10-20(23)25/h3-14,21H,15H2,1-2H3,(H,26,28)/t21-/m0/s1. The Kier molecular flexibility index (Phi) is 7.79.